The molecule has 0 amide bonds. The molecule has 1 radical (unpaired) electrons. The molecule has 0 saturated carbocycles. The minimum atomic E-state index is 0.698. The van der Waals surface area contributed by atoms with Gasteiger partial charge in [-0.05, 0) is 117 Å². The van der Waals surface area contributed by atoms with E-state index in [-0.39, 0.29) is 0 Å². The van der Waals surface area contributed by atoms with Gasteiger partial charge in [0.25, 0.3) is 0 Å². The average Bonchev–Trinajstić information content (AvgIpc) is 3.27. The van der Waals surface area contributed by atoms with Gasteiger partial charge in [0, 0.05) is 33.5 Å². The van der Waals surface area contributed by atoms with Gasteiger partial charge < -0.3 is 19.1 Å². The first-order valence-corrected chi connectivity index (χ1v) is 19.1. The van der Waals surface area contributed by atoms with Crippen molar-refractivity contribution in [3.8, 4) is 11.5 Å². The van der Waals surface area contributed by atoms with Gasteiger partial charge in [0.1, 0.15) is 11.5 Å². The summed E-state index contributed by atoms with van der Waals surface area (Å²) >= 11 is 0. The van der Waals surface area contributed by atoms with Gasteiger partial charge in [-0.1, -0.05) is 133 Å². The Bertz CT molecular complexity index is 2810. The molecule has 10 aromatic carbocycles. The van der Waals surface area contributed by atoms with Crippen molar-refractivity contribution in [3.63, 3.8) is 0 Å². The molecule has 0 atom stereocenters. The Morgan fingerprint density at radius 3 is 1.14 bits per heavy atom. The van der Waals surface area contributed by atoms with Gasteiger partial charge in [-0.25, -0.2) is 0 Å². The highest BCUT2D eigenvalue weighted by Crippen LogP contribution is 2.41. The van der Waals surface area contributed by atoms with E-state index in [0.717, 1.165) is 55.7 Å². The number of hydrogen-bond acceptors (Lipinski definition) is 4. The lowest BCUT2D eigenvalue weighted by Crippen LogP contribution is -2.11. The molecule has 0 fully saturated rings. The summed E-state index contributed by atoms with van der Waals surface area (Å²) in [6, 6.07) is 76.4. The zero-order valence-corrected chi connectivity index (χ0v) is 31.1. The van der Waals surface area contributed by atoms with Gasteiger partial charge in [0.05, 0.1) is 11.4 Å². The summed E-state index contributed by atoms with van der Waals surface area (Å²) in [5.41, 5.74) is 6.63. The van der Waals surface area contributed by atoms with Gasteiger partial charge in [0.2, 0.25) is 0 Å². The second-order valence-corrected chi connectivity index (χ2v) is 14.1. The van der Waals surface area contributed by atoms with E-state index in [1.54, 1.807) is 0 Å². The van der Waals surface area contributed by atoms with Crippen molar-refractivity contribution >= 4 is 84.9 Å². The van der Waals surface area contributed by atoms with E-state index in [4.69, 9.17) is 9.31 Å². The number of hydrogen-bond donors (Lipinski definition) is 0. The molecule has 0 aliphatic carbocycles. The van der Waals surface area contributed by atoms with Crippen LogP contribution in [0.15, 0.2) is 218 Å². The predicted molar refractivity (Wildman–Crippen MR) is 239 cm³/mol. The number of para-hydroxylation sites is 2. The highest BCUT2D eigenvalue weighted by molar-refractivity contribution is 6.21. The first kappa shape index (κ1) is 34.0. The molecule has 0 bridgehead atoms. The second kappa shape index (κ2) is 15.0. The van der Waals surface area contributed by atoms with Crippen LogP contribution in [0.5, 0.6) is 11.5 Å². The van der Waals surface area contributed by atoms with Crippen molar-refractivity contribution < 1.29 is 9.31 Å². The summed E-state index contributed by atoms with van der Waals surface area (Å²) < 4.78 is 12.0. The fourth-order valence-corrected chi connectivity index (χ4v) is 7.80. The molecule has 0 saturated heterocycles. The third-order valence-electron chi connectivity index (χ3n) is 10.5. The van der Waals surface area contributed by atoms with Gasteiger partial charge in [-0.3, -0.25) is 0 Å². The minimum Gasteiger partial charge on any atom is -0.526 e. The average molecular weight is 732 g/mol. The highest BCUT2D eigenvalue weighted by Gasteiger charge is 2.17. The first-order chi connectivity index (χ1) is 28.2. The second-order valence-electron chi connectivity index (χ2n) is 14.1. The summed E-state index contributed by atoms with van der Waals surface area (Å²) in [7, 11) is 1.40. The van der Waals surface area contributed by atoms with Crippen LogP contribution >= 0.6 is 0 Å². The van der Waals surface area contributed by atoms with Crippen molar-refractivity contribution in [1.29, 1.82) is 0 Å². The summed E-state index contributed by atoms with van der Waals surface area (Å²) in [5.74, 6) is 1.40. The molecular formula is C52H36BN2O2. The smallest absolute Gasteiger partial charge is 0.526 e. The molecule has 0 unspecified atom stereocenters. The Kier molecular flexibility index (Phi) is 8.94. The summed E-state index contributed by atoms with van der Waals surface area (Å²) in [4.78, 5) is 4.64. The molecule has 0 heterocycles. The van der Waals surface area contributed by atoms with Gasteiger partial charge >= 0.3 is 7.69 Å². The Balaban J connectivity index is 0.874. The molecule has 269 valence electrons. The van der Waals surface area contributed by atoms with Crippen molar-refractivity contribution in [2.24, 2.45) is 0 Å². The molecule has 0 aromatic heterocycles. The Morgan fingerprint density at radius 2 is 0.667 bits per heavy atom. The molecule has 10 rings (SSSR count). The molecule has 0 spiro atoms. The topological polar surface area (TPSA) is 24.9 Å². The molecule has 57 heavy (non-hydrogen) atoms. The molecule has 0 aliphatic heterocycles. The van der Waals surface area contributed by atoms with Crippen LogP contribution in [0.1, 0.15) is 0 Å². The van der Waals surface area contributed by atoms with Crippen molar-refractivity contribution in [3.05, 3.63) is 218 Å². The van der Waals surface area contributed by atoms with Crippen molar-refractivity contribution in [2.75, 3.05) is 9.80 Å². The lowest BCUT2D eigenvalue weighted by atomic mass is 10.0. The third-order valence-corrected chi connectivity index (χ3v) is 10.5. The largest absolute Gasteiger partial charge is 0.658 e. The summed E-state index contributed by atoms with van der Waals surface area (Å²) in [6.45, 7) is 0. The van der Waals surface area contributed by atoms with E-state index in [2.05, 4.69) is 204 Å². The van der Waals surface area contributed by atoms with Crippen LogP contribution in [0.2, 0.25) is 0 Å². The molecule has 0 N–H and O–H groups in total. The maximum atomic E-state index is 6.01. The van der Waals surface area contributed by atoms with Crippen LogP contribution in [0, 0.1) is 0 Å². The van der Waals surface area contributed by atoms with Crippen LogP contribution in [-0.4, -0.2) is 7.69 Å². The summed E-state index contributed by atoms with van der Waals surface area (Å²) in [6.07, 6.45) is 0. The van der Waals surface area contributed by atoms with Crippen LogP contribution in [-0.2, 0) is 0 Å². The van der Waals surface area contributed by atoms with Crippen molar-refractivity contribution in [2.45, 2.75) is 0 Å². The SMILES string of the molecule is [B](Oc1ccc2cc(N(c3ccccc3)c3cccc4ccccc34)ccc2c1)Oc1ccc2cc(N(c3ccccc3)c3cccc4ccccc34)ccc2c1. The maximum Gasteiger partial charge on any atom is 0.658 e. The van der Waals surface area contributed by atoms with E-state index in [1.165, 1.54) is 29.2 Å². The van der Waals surface area contributed by atoms with Crippen LogP contribution in [0.4, 0.5) is 34.1 Å². The number of benzene rings is 10. The molecular weight excluding hydrogens is 695 g/mol. The van der Waals surface area contributed by atoms with E-state index < -0.39 is 0 Å². The molecule has 10 aromatic rings. The molecule has 0 aliphatic rings. The van der Waals surface area contributed by atoms with Gasteiger partial charge in [-0.2, -0.15) is 0 Å². The third kappa shape index (κ3) is 6.77. The minimum absolute atomic E-state index is 0.698. The molecule has 5 heteroatoms. The van der Waals surface area contributed by atoms with Crippen molar-refractivity contribution in [1.82, 2.24) is 0 Å². The van der Waals surface area contributed by atoms with Crippen LogP contribution in [0.3, 0.4) is 0 Å². The van der Waals surface area contributed by atoms with Crippen LogP contribution in [0.25, 0.3) is 43.1 Å². The highest BCUT2D eigenvalue weighted by atomic mass is 16.6. The number of anilines is 6. The Hall–Kier alpha value is -7.50. The Morgan fingerprint density at radius 1 is 0.281 bits per heavy atom. The number of rotatable bonds is 10. The fraction of sp³-hybridized carbons (Fsp3) is 0. The quantitative estimate of drug-likeness (QED) is 0.131. The lowest BCUT2D eigenvalue weighted by molar-refractivity contribution is 0.460. The lowest BCUT2D eigenvalue weighted by Gasteiger charge is -2.27. The standard InChI is InChI=1S/C52H36BN2O2/c1-3-17-43(18-4-1)54(51-23-11-15-37-13-7-9-21-49(37)51)45-29-25-41-35-47(31-27-39(41)33-45)56-53-57-48-32-28-40-34-46(30-26-42(40)36-48)55(44-19-5-2-6-20-44)52-24-12-16-38-14-8-10-22-50(38)52/h1-36H. The maximum absolute atomic E-state index is 6.01. The monoisotopic (exact) mass is 731 g/mol. The van der Waals surface area contributed by atoms with Gasteiger partial charge in [0.15, 0.2) is 0 Å². The number of nitrogens with zero attached hydrogens (tertiary/aromatic N) is 2. The summed E-state index contributed by atoms with van der Waals surface area (Å²) in [5, 5.41) is 9.19. The van der Waals surface area contributed by atoms with E-state index in [0.29, 0.717) is 11.5 Å². The van der Waals surface area contributed by atoms with E-state index in [1.807, 2.05) is 24.3 Å². The van der Waals surface area contributed by atoms with E-state index in [9.17, 15) is 0 Å². The number of fused-ring (bicyclic) bond motifs is 4. The molecule has 4 nitrogen and oxygen atoms in total. The predicted octanol–water partition coefficient (Wildman–Crippen LogP) is 14.2. The zero-order valence-electron chi connectivity index (χ0n) is 31.1. The first-order valence-electron chi connectivity index (χ1n) is 19.1. The zero-order chi connectivity index (χ0) is 38.0. The fourth-order valence-electron chi connectivity index (χ4n) is 7.80. The van der Waals surface area contributed by atoms with Crippen LogP contribution < -0.4 is 19.1 Å². The Labute approximate surface area is 332 Å². The van der Waals surface area contributed by atoms with Gasteiger partial charge in [-0.15, -0.1) is 0 Å². The van der Waals surface area contributed by atoms with E-state index >= 15 is 0 Å². The normalized spacial score (nSPS) is 11.2.